The van der Waals surface area contributed by atoms with Gasteiger partial charge in [-0.15, -0.1) is 0 Å². The average Bonchev–Trinajstić information content (AvgIpc) is 2.80. The lowest BCUT2D eigenvalue weighted by molar-refractivity contribution is 0.350. The maximum Gasteiger partial charge on any atom is 0.202 e. The molecule has 2 heterocycles. The molecule has 84 valence electrons. The molecule has 3 rings (SSSR count). The van der Waals surface area contributed by atoms with Crippen LogP contribution in [0.2, 0.25) is 0 Å². The van der Waals surface area contributed by atoms with Gasteiger partial charge in [0.15, 0.2) is 16.7 Å². The molecule has 0 unspecified atom stereocenters. The Morgan fingerprint density at radius 1 is 1.50 bits per heavy atom. The summed E-state index contributed by atoms with van der Waals surface area (Å²) >= 11 is 1.48. The van der Waals surface area contributed by atoms with Crippen molar-refractivity contribution in [2.24, 2.45) is 4.99 Å². The molecule has 0 atom stereocenters. The fourth-order valence-electron chi connectivity index (χ4n) is 1.95. The lowest BCUT2D eigenvalue weighted by atomic mass is 10.2. The van der Waals surface area contributed by atoms with E-state index in [0.717, 1.165) is 28.8 Å². The van der Waals surface area contributed by atoms with Gasteiger partial charge in [0.25, 0.3) is 0 Å². The number of hydrogen-bond donors (Lipinski definition) is 2. The summed E-state index contributed by atoms with van der Waals surface area (Å²) in [6.45, 7) is 1.54. The molecule has 0 fully saturated rings. The van der Waals surface area contributed by atoms with Crippen molar-refractivity contribution in [2.45, 2.75) is 4.90 Å². The molecule has 0 aromatic heterocycles. The van der Waals surface area contributed by atoms with Gasteiger partial charge in [-0.05, 0) is 11.8 Å². The van der Waals surface area contributed by atoms with Crippen molar-refractivity contribution in [2.75, 3.05) is 25.1 Å². The van der Waals surface area contributed by atoms with Gasteiger partial charge in [-0.1, -0.05) is 0 Å². The first-order valence-electron chi connectivity index (χ1n) is 4.85. The first kappa shape index (κ1) is 9.65. The second-order valence-corrected chi connectivity index (χ2v) is 4.55. The lowest BCUT2D eigenvalue weighted by Gasteiger charge is -2.17. The van der Waals surface area contributed by atoms with Gasteiger partial charge in [-0.2, -0.15) is 0 Å². The van der Waals surface area contributed by atoms with Crippen LogP contribution in [0.3, 0.4) is 0 Å². The largest absolute Gasteiger partial charge is 0.504 e. The van der Waals surface area contributed by atoms with Crippen LogP contribution in [0.4, 0.5) is 5.69 Å². The molecule has 6 heteroatoms. The zero-order valence-electron chi connectivity index (χ0n) is 8.60. The minimum atomic E-state index is -0.213. The second-order valence-electron chi connectivity index (χ2n) is 3.54. The maximum atomic E-state index is 9.73. The molecular formula is C10H10N2O3S. The number of phenolic OH excluding ortho intramolecular Hbond substituents is 2. The lowest BCUT2D eigenvalue weighted by Crippen LogP contribution is -2.21. The van der Waals surface area contributed by atoms with Crippen LogP contribution in [0.1, 0.15) is 0 Å². The van der Waals surface area contributed by atoms with Crippen LogP contribution in [-0.4, -0.2) is 35.6 Å². The number of anilines is 1. The molecule has 0 bridgehead atoms. The Hall–Kier alpha value is -1.56. The van der Waals surface area contributed by atoms with E-state index in [0.29, 0.717) is 5.75 Å². The number of fused-ring (bicyclic) bond motifs is 3. The summed E-state index contributed by atoms with van der Waals surface area (Å²) < 4.78 is 5.16. The molecule has 0 radical (unpaired) electrons. The quantitative estimate of drug-likeness (QED) is 0.724. The number of thioether (sulfide) groups is 1. The van der Waals surface area contributed by atoms with E-state index in [1.807, 2.05) is 4.90 Å². The molecule has 0 aliphatic carbocycles. The first-order chi connectivity index (χ1) is 7.72. The molecular weight excluding hydrogens is 228 g/mol. The van der Waals surface area contributed by atoms with E-state index in [-0.39, 0.29) is 11.5 Å². The highest BCUT2D eigenvalue weighted by molar-refractivity contribution is 8.14. The molecule has 1 aromatic carbocycles. The van der Waals surface area contributed by atoms with E-state index < -0.39 is 0 Å². The Morgan fingerprint density at radius 2 is 2.31 bits per heavy atom. The minimum absolute atomic E-state index is 0.162. The molecule has 5 nitrogen and oxygen atoms in total. The predicted octanol–water partition coefficient (Wildman–Crippen LogP) is 1.39. The van der Waals surface area contributed by atoms with Crippen molar-refractivity contribution in [3.05, 3.63) is 6.07 Å². The summed E-state index contributed by atoms with van der Waals surface area (Å²) in [7, 11) is 1.48. The highest BCUT2D eigenvalue weighted by Crippen LogP contribution is 2.54. The number of nitrogens with zero attached hydrogens (tertiary/aromatic N) is 2. The Labute approximate surface area is 96.4 Å². The molecule has 2 N–H and O–H groups in total. The molecule has 2 aliphatic heterocycles. The predicted molar refractivity (Wildman–Crippen MR) is 61.8 cm³/mol. The first-order valence-corrected chi connectivity index (χ1v) is 5.66. The number of rotatable bonds is 1. The molecule has 2 aliphatic rings. The number of hydrogen-bond acceptors (Lipinski definition) is 6. The van der Waals surface area contributed by atoms with Crippen LogP contribution in [-0.2, 0) is 0 Å². The monoisotopic (exact) mass is 238 g/mol. The molecule has 1 aromatic rings. The summed E-state index contributed by atoms with van der Waals surface area (Å²) in [5.74, 6) is -0.0607. The highest BCUT2D eigenvalue weighted by Gasteiger charge is 2.35. The summed E-state index contributed by atoms with van der Waals surface area (Å²) in [4.78, 5) is 7.20. The van der Waals surface area contributed by atoms with E-state index >= 15 is 0 Å². The standard InChI is InChI=1S/C10H10N2O3S/c1-15-9-7-6(4-5(13)8(9)14)16-10-11-2-3-12(7)10/h4,13-14H,2-3H2,1H3. The Balaban J connectivity index is 2.24. The molecule has 0 spiro atoms. The van der Waals surface area contributed by atoms with Crippen molar-refractivity contribution in [3.63, 3.8) is 0 Å². The van der Waals surface area contributed by atoms with Crippen molar-refractivity contribution in [1.82, 2.24) is 0 Å². The van der Waals surface area contributed by atoms with Crippen molar-refractivity contribution < 1.29 is 14.9 Å². The normalized spacial score (nSPS) is 17.1. The van der Waals surface area contributed by atoms with Gasteiger partial charge in [0.1, 0.15) is 5.69 Å². The van der Waals surface area contributed by atoms with Crippen LogP contribution in [0.25, 0.3) is 0 Å². The van der Waals surface area contributed by atoms with Crippen molar-refractivity contribution >= 4 is 22.6 Å². The Bertz CT molecular complexity index is 501. The van der Waals surface area contributed by atoms with Gasteiger partial charge in [0.2, 0.25) is 5.75 Å². The minimum Gasteiger partial charge on any atom is -0.504 e. The summed E-state index contributed by atoms with van der Waals surface area (Å²) in [6.07, 6.45) is 0. The van der Waals surface area contributed by atoms with Crippen molar-refractivity contribution in [1.29, 1.82) is 0 Å². The third-order valence-electron chi connectivity index (χ3n) is 2.65. The zero-order chi connectivity index (χ0) is 11.3. The number of methoxy groups -OCH3 is 1. The topological polar surface area (TPSA) is 65.3 Å². The van der Waals surface area contributed by atoms with E-state index in [4.69, 9.17) is 4.74 Å². The van der Waals surface area contributed by atoms with Crippen LogP contribution < -0.4 is 9.64 Å². The number of aliphatic imine (C=N–C) groups is 1. The maximum absolute atomic E-state index is 9.73. The summed E-state index contributed by atoms with van der Waals surface area (Å²) in [5.41, 5.74) is 0.805. The number of phenols is 2. The van der Waals surface area contributed by atoms with E-state index in [1.165, 1.54) is 18.9 Å². The SMILES string of the molecule is COc1c(O)c(O)cc2c1N1CCN=C1S2. The van der Waals surface area contributed by atoms with E-state index in [9.17, 15) is 10.2 Å². The summed E-state index contributed by atoms with van der Waals surface area (Å²) in [6, 6.07) is 1.54. The number of aromatic hydroxyl groups is 2. The summed E-state index contributed by atoms with van der Waals surface area (Å²) in [5, 5.41) is 20.2. The number of ether oxygens (including phenoxy) is 1. The fourth-order valence-corrected chi connectivity index (χ4v) is 3.06. The third-order valence-corrected chi connectivity index (χ3v) is 3.71. The van der Waals surface area contributed by atoms with Crippen molar-refractivity contribution in [3.8, 4) is 17.2 Å². The van der Waals surface area contributed by atoms with Crippen LogP contribution in [0.5, 0.6) is 17.2 Å². The average molecular weight is 238 g/mol. The molecule has 0 saturated heterocycles. The molecule has 0 amide bonds. The smallest absolute Gasteiger partial charge is 0.202 e. The second kappa shape index (κ2) is 3.21. The fraction of sp³-hybridized carbons (Fsp3) is 0.300. The van der Waals surface area contributed by atoms with Gasteiger partial charge < -0.3 is 19.8 Å². The van der Waals surface area contributed by atoms with Gasteiger partial charge >= 0.3 is 0 Å². The van der Waals surface area contributed by atoms with Gasteiger partial charge in [0.05, 0.1) is 13.7 Å². The van der Waals surface area contributed by atoms with Crippen LogP contribution in [0, 0.1) is 0 Å². The Morgan fingerprint density at radius 3 is 3.06 bits per heavy atom. The van der Waals surface area contributed by atoms with Gasteiger partial charge in [-0.3, -0.25) is 4.99 Å². The van der Waals surface area contributed by atoms with Gasteiger partial charge in [0, 0.05) is 17.5 Å². The molecule has 0 saturated carbocycles. The zero-order valence-corrected chi connectivity index (χ0v) is 9.41. The number of amidine groups is 1. The van der Waals surface area contributed by atoms with Crippen LogP contribution >= 0.6 is 11.8 Å². The Kier molecular flexibility index (Phi) is 1.94. The van der Waals surface area contributed by atoms with E-state index in [1.54, 1.807) is 6.07 Å². The van der Waals surface area contributed by atoms with Gasteiger partial charge in [-0.25, -0.2) is 0 Å². The van der Waals surface area contributed by atoms with Crippen LogP contribution in [0.15, 0.2) is 16.0 Å². The van der Waals surface area contributed by atoms with E-state index in [2.05, 4.69) is 4.99 Å². The number of benzene rings is 1. The highest BCUT2D eigenvalue weighted by atomic mass is 32.2. The third kappa shape index (κ3) is 1.10. The molecule has 16 heavy (non-hydrogen) atoms.